The summed E-state index contributed by atoms with van der Waals surface area (Å²) in [6.45, 7) is 4.13. The van der Waals surface area contributed by atoms with E-state index in [0.717, 1.165) is 49.3 Å². The Kier molecular flexibility index (Phi) is 5.95. The lowest BCUT2D eigenvalue weighted by molar-refractivity contribution is -0.123. The van der Waals surface area contributed by atoms with Crippen LogP contribution in [0.15, 0.2) is 48.5 Å². The Balaban J connectivity index is 1.33. The molecule has 2 N–H and O–H groups in total. The van der Waals surface area contributed by atoms with Crippen LogP contribution in [0.5, 0.6) is 0 Å². The molecule has 156 valence electrons. The fourth-order valence-electron chi connectivity index (χ4n) is 4.33. The number of rotatable bonds is 5. The van der Waals surface area contributed by atoms with Gasteiger partial charge in [0.15, 0.2) is 0 Å². The summed E-state index contributed by atoms with van der Waals surface area (Å²) in [5.41, 5.74) is 3.48. The zero-order valence-corrected chi connectivity index (χ0v) is 17.2. The van der Waals surface area contributed by atoms with Gasteiger partial charge in [-0.1, -0.05) is 30.3 Å². The van der Waals surface area contributed by atoms with Gasteiger partial charge in [0.1, 0.15) is 5.78 Å². The highest BCUT2D eigenvalue weighted by Crippen LogP contribution is 2.33. The maximum atomic E-state index is 12.3. The molecule has 0 radical (unpaired) electrons. The summed E-state index contributed by atoms with van der Waals surface area (Å²) < 4.78 is 0. The largest absolute Gasteiger partial charge is 0.349 e. The molecule has 6 heteroatoms. The van der Waals surface area contributed by atoms with Gasteiger partial charge < -0.3 is 10.6 Å². The van der Waals surface area contributed by atoms with Crippen molar-refractivity contribution in [2.24, 2.45) is 0 Å². The topological polar surface area (TPSA) is 78.5 Å². The first-order valence-corrected chi connectivity index (χ1v) is 10.5. The molecule has 2 aliphatic heterocycles. The number of ketones is 1. The van der Waals surface area contributed by atoms with Gasteiger partial charge in [-0.3, -0.25) is 19.3 Å². The second-order valence-corrected chi connectivity index (χ2v) is 8.23. The lowest BCUT2D eigenvalue weighted by Gasteiger charge is -2.32. The van der Waals surface area contributed by atoms with Gasteiger partial charge in [0.25, 0.3) is 5.91 Å². The number of nitrogens with zero attached hydrogens (tertiary/aromatic N) is 1. The number of hydrogen-bond donors (Lipinski definition) is 2. The number of hydrogen-bond acceptors (Lipinski definition) is 4. The monoisotopic (exact) mass is 405 g/mol. The molecule has 2 aromatic rings. The summed E-state index contributed by atoms with van der Waals surface area (Å²) in [5, 5.41) is 6.05. The number of piperidine rings is 1. The highest BCUT2D eigenvalue weighted by atomic mass is 16.2. The lowest BCUT2D eigenvalue weighted by atomic mass is 9.87. The molecular weight excluding hydrogens is 378 g/mol. The number of fused-ring (bicyclic) bond motifs is 1. The summed E-state index contributed by atoms with van der Waals surface area (Å²) in [4.78, 5) is 38.5. The van der Waals surface area contributed by atoms with Crippen LogP contribution in [-0.2, 0) is 16.1 Å². The molecule has 0 aliphatic carbocycles. The number of anilines is 1. The van der Waals surface area contributed by atoms with Crippen LogP contribution < -0.4 is 10.6 Å². The van der Waals surface area contributed by atoms with Crippen LogP contribution in [0.2, 0.25) is 0 Å². The van der Waals surface area contributed by atoms with Crippen LogP contribution in [0.25, 0.3) is 0 Å². The van der Waals surface area contributed by atoms with Crippen molar-refractivity contribution in [1.29, 1.82) is 0 Å². The molecule has 4 rings (SSSR count). The van der Waals surface area contributed by atoms with Crippen molar-refractivity contribution in [3.8, 4) is 0 Å². The van der Waals surface area contributed by atoms with Gasteiger partial charge in [-0.2, -0.15) is 0 Å². The SMILES string of the molecule is CC(=O)C1CC(=O)Nc2cc(CN3CCC(NC(=O)c4ccccc4)CC3)ccc21. The molecule has 1 atom stereocenters. The maximum absolute atomic E-state index is 12.3. The second-order valence-electron chi connectivity index (χ2n) is 8.23. The third-order valence-electron chi connectivity index (χ3n) is 6.01. The van der Waals surface area contributed by atoms with E-state index in [4.69, 9.17) is 0 Å². The Labute approximate surface area is 176 Å². The third kappa shape index (κ3) is 4.60. The van der Waals surface area contributed by atoms with Crippen LogP contribution in [-0.4, -0.2) is 41.6 Å². The minimum absolute atomic E-state index is 0.0143. The zero-order chi connectivity index (χ0) is 21.1. The number of Topliss-reactive ketones (excluding diaryl/α,β-unsaturated/α-hetero) is 1. The first kappa shape index (κ1) is 20.3. The Morgan fingerprint density at radius 1 is 1.10 bits per heavy atom. The zero-order valence-electron chi connectivity index (χ0n) is 17.2. The maximum Gasteiger partial charge on any atom is 0.251 e. The van der Waals surface area contributed by atoms with Crippen molar-refractivity contribution >= 4 is 23.3 Å². The van der Waals surface area contributed by atoms with Crippen molar-refractivity contribution in [3.63, 3.8) is 0 Å². The van der Waals surface area contributed by atoms with Gasteiger partial charge in [0.2, 0.25) is 5.91 Å². The molecular formula is C24H27N3O3. The molecule has 0 aromatic heterocycles. The lowest BCUT2D eigenvalue weighted by Crippen LogP contribution is -2.44. The third-order valence-corrected chi connectivity index (χ3v) is 6.01. The molecule has 2 amide bonds. The number of carbonyl (C=O) groups is 3. The summed E-state index contributed by atoms with van der Waals surface area (Å²) in [6, 6.07) is 15.5. The summed E-state index contributed by atoms with van der Waals surface area (Å²) in [6.07, 6.45) is 2.04. The van der Waals surface area contributed by atoms with Gasteiger partial charge in [-0.25, -0.2) is 0 Å². The summed E-state index contributed by atoms with van der Waals surface area (Å²) in [5.74, 6) is -0.431. The van der Waals surface area contributed by atoms with Gasteiger partial charge in [0.05, 0.1) is 5.92 Å². The number of nitrogens with one attached hydrogen (secondary N) is 2. The molecule has 0 saturated carbocycles. The van der Waals surface area contributed by atoms with E-state index in [0.29, 0.717) is 5.56 Å². The molecule has 0 bridgehead atoms. The molecule has 30 heavy (non-hydrogen) atoms. The molecule has 6 nitrogen and oxygen atoms in total. The summed E-state index contributed by atoms with van der Waals surface area (Å²) in [7, 11) is 0. The van der Waals surface area contributed by atoms with E-state index in [2.05, 4.69) is 21.6 Å². The van der Waals surface area contributed by atoms with Gasteiger partial charge in [0, 0.05) is 43.3 Å². The Morgan fingerprint density at radius 3 is 2.53 bits per heavy atom. The van der Waals surface area contributed by atoms with Crippen molar-refractivity contribution < 1.29 is 14.4 Å². The van der Waals surface area contributed by atoms with Crippen molar-refractivity contribution in [1.82, 2.24) is 10.2 Å². The molecule has 0 spiro atoms. The van der Waals surface area contributed by atoms with E-state index in [1.165, 1.54) is 0 Å². The van der Waals surface area contributed by atoms with E-state index in [1.54, 1.807) is 6.92 Å². The van der Waals surface area contributed by atoms with E-state index < -0.39 is 0 Å². The minimum Gasteiger partial charge on any atom is -0.349 e. The Morgan fingerprint density at radius 2 is 1.83 bits per heavy atom. The average Bonchev–Trinajstić information content (AvgIpc) is 2.75. The Hall–Kier alpha value is -2.99. The van der Waals surface area contributed by atoms with Crippen LogP contribution >= 0.6 is 0 Å². The minimum atomic E-state index is -0.341. The average molecular weight is 405 g/mol. The first-order chi connectivity index (χ1) is 14.5. The van der Waals surface area contributed by atoms with E-state index in [9.17, 15) is 14.4 Å². The molecule has 2 aromatic carbocycles. The normalized spacial score (nSPS) is 19.6. The standard InChI is InChI=1S/C24H27N3O3/c1-16(28)21-14-23(29)26-22-13-17(7-8-20(21)22)15-27-11-9-19(10-12-27)25-24(30)18-5-3-2-4-6-18/h2-8,13,19,21H,9-12,14-15H2,1H3,(H,25,30)(H,26,29). The predicted octanol–water partition coefficient (Wildman–Crippen LogP) is 3.10. The second kappa shape index (κ2) is 8.79. The van der Waals surface area contributed by atoms with Crippen molar-refractivity contribution in [3.05, 3.63) is 65.2 Å². The fraction of sp³-hybridized carbons (Fsp3) is 0.375. The van der Waals surface area contributed by atoms with Crippen LogP contribution in [0.1, 0.15) is 53.6 Å². The highest BCUT2D eigenvalue weighted by molar-refractivity contribution is 6.01. The molecule has 2 aliphatic rings. The molecule has 1 fully saturated rings. The van der Waals surface area contributed by atoms with E-state index >= 15 is 0 Å². The van der Waals surface area contributed by atoms with E-state index in [-0.39, 0.29) is 36.0 Å². The number of amides is 2. The predicted molar refractivity (Wildman–Crippen MR) is 115 cm³/mol. The van der Waals surface area contributed by atoms with Crippen molar-refractivity contribution in [2.75, 3.05) is 18.4 Å². The smallest absolute Gasteiger partial charge is 0.251 e. The quantitative estimate of drug-likeness (QED) is 0.801. The van der Waals surface area contributed by atoms with Crippen LogP contribution in [0.4, 0.5) is 5.69 Å². The summed E-state index contributed by atoms with van der Waals surface area (Å²) >= 11 is 0. The van der Waals surface area contributed by atoms with E-state index in [1.807, 2.05) is 42.5 Å². The molecule has 1 unspecified atom stereocenters. The fourth-order valence-corrected chi connectivity index (χ4v) is 4.33. The Bertz CT molecular complexity index is 949. The molecule has 1 saturated heterocycles. The van der Waals surface area contributed by atoms with Gasteiger partial charge >= 0.3 is 0 Å². The number of likely N-dealkylation sites (tertiary alicyclic amines) is 1. The number of benzene rings is 2. The highest BCUT2D eigenvalue weighted by Gasteiger charge is 2.28. The van der Waals surface area contributed by atoms with Gasteiger partial charge in [-0.05, 0) is 49.1 Å². The number of carbonyl (C=O) groups excluding carboxylic acids is 3. The molecule has 2 heterocycles. The first-order valence-electron chi connectivity index (χ1n) is 10.5. The van der Waals surface area contributed by atoms with Crippen LogP contribution in [0.3, 0.4) is 0 Å². The van der Waals surface area contributed by atoms with Crippen molar-refractivity contribution in [2.45, 2.75) is 44.7 Å². The van der Waals surface area contributed by atoms with Gasteiger partial charge in [-0.15, -0.1) is 0 Å². The van der Waals surface area contributed by atoms with Crippen LogP contribution in [0, 0.1) is 0 Å².